The molecule has 1 aliphatic rings. The number of hydrogen-bond acceptors (Lipinski definition) is 5. The molecule has 27 heavy (non-hydrogen) atoms. The average Bonchev–Trinajstić information content (AvgIpc) is 3.07. The maximum Gasteiger partial charge on any atom is 0.191 e. The van der Waals surface area contributed by atoms with Crippen LogP contribution in [0.4, 0.5) is 0 Å². The van der Waals surface area contributed by atoms with Gasteiger partial charge in [-0.15, -0.1) is 35.3 Å². The first kappa shape index (κ1) is 24.6. The van der Waals surface area contributed by atoms with Crippen molar-refractivity contribution in [1.82, 2.24) is 25.4 Å². The number of halogens is 1. The predicted octanol–water partition coefficient (Wildman–Crippen LogP) is 2.58. The Morgan fingerprint density at radius 2 is 1.89 bits per heavy atom. The Balaban J connectivity index is 0.00000364. The molecule has 0 spiro atoms. The Bertz CT molecular complexity index is 528. The highest BCUT2D eigenvalue weighted by molar-refractivity contribution is 14.0. The summed E-state index contributed by atoms with van der Waals surface area (Å²) in [6, 6.07) is 0. The zero-order chi connectivity index (χ0) is 18.6. The van der Waals surface area contributed by atoms with Crippen molar-refractivity contribution < 1.29 is 0 Å². The number of rotatable bonds is 10. The smallest absolute Gasteiger partial charge is 0.191 e. The van der Waals surface area contributed by atoms with E-state index >= 15 is 0 Å². The number of nitrogens with zero attached hydrogens (tertiary/aromatic N) is 4. The van der Waals surface area contributed by atoms with Crippen LogP contribution in [0, 0.1) is 6.92 Å². The van der Waals surface area contributed by atoms with Gasteiger partial charge in [0.2, 0.25) is 0 Å². The van der Waals surface area contributed by atoms with Gasteiger partial charge in [0.15, 0.2) is 5.96 Å². The molecule has 0 radical (unpaired) electrons. The maximum absolute atomic E-state index is 4.71. The van der Waals surface area contributed by atoms with E-state index in [0.29, 0.717) is 0 Å². The minimum atomic E-state index is 0. The standard InChI is InChI=1S/C19H36N6S.HI/c1-4-20-19(22-10-8-18-23-16-17(3)26-18)21-9-6-7-11-25-14-12-24(5-2)13-15-25;/h16H,4-15H2,1-3H3,(H2,20,21,22);1H. The highest BCUT2D eigenvalue weighted by Crippen LogP contribution is 2.10. The van der Waals surface area contributed by atoms with Crippen LogP contribution in [-0.4, -0.2) is 79.6 Å². The van der Waals surface area contributed by atoms with Gasteiger partial charge >= 0.3 is 0 Å². The van der Waals surface area contributed by atoms with Crippen LogP contribution in [0.25, 0.3) is 0 Å². The number of piperazine rings is 1. The van der Waals surface area contributed by atoms with E-state index in [9.17, 15) is 0 Å². The zero-order valence-corrected chi connectivity index (χ0v) is 20.3. The number of thiazole rings is 1. The van der Waals surface area contributed by atoms with Gasteiger partial charge in [0, 0.05) is 63.3 Å². The van der Waals surface area contributed by atoms with Crippen molar-refractivity contribution in [2.24, 2.45) is 4.99 Å². The lowest BCUT2D eigenvalue weighted by Gasteiger charge is -2.33. The second-order valence-corrected chi connectivity index (χ2v) is 8.10. The van der Waals surface area contributed by atoms with Gasteiger partial charge < -0.3 is 20.4 Å². The summed E-state index contributed by atoms with van der Waals surface area (Å²) in [5.41, 5.74) is 0. The summed E-state index contributed by atoms with van der Waals surface area (Å²) in [5, 5.41) is 7.94. The van der Waals surface area contributed by atoms with Crippen LogP contribution in [0.2, 0.25) is 0 Å². The van der Waals surface area contributed by atoms with Gasteiger partial charge in [-0.3, -0.25) is 4.99 Å². The van der Waals surface area contributed by atoms with E-state index < -0.39 is 0 Å². The van der Waals surface area contributed by atoms with Crippen molar-refractivity contribution >= 4 is 41.3 Å². The van der Waals surface area contributed by atoms with Crippen LogP contribution in [-0.2, 0) is 6.42 Å². The average molecular weight is 509 g/mol. The van der Waals surface area contributed by atoms with Crippen LogP contribution in [0.5, 0.6) is 0 Å². The molecule has 0 unspecified atom stereocenters. The molecule has 2 rings (SSSR count). The lowest BCUT2D eigenvalue weighted by molar-refractivity contribution is 0.136. The molecule has 0 saturated carbocycles. The molecule has 1 fully saturated rings. The molecule has 2 heterocycles. The van der Waals surface area contributed by atoms with E-state index in [1.165, 1.54) is 55.6 Å². The van der Waals surface area contributed by atoms with E-state index in [2.05, 4.69) is 46.2 Å². The van der Waals surface area contributed by atoms with Crippen molar-refractivity contribution in [2.75, 3.05) is 58.9 Å². The molecular weight excluding hydrogens is 471 g/mol. The molecule has 1 aliphatic heterocycles. The van der Waals surface area contributed by atoms with Crippen molar-refractivity contribution in [3.05, 3.63) is 16.1 Å². The highest BCUT2D eigenvalue weighted by Gasteiger charge is 2.14. The molecule has 156 valence electrons. The predicted molar refractivity (Wildman–Crippen MR) is 128 cm³/mol. The lowest BCUT2D eigenvalue weighted by atomic mass is 10.2. The molecule has 0 bridgehead atoms. The molecule has 0 aromatic carbocycles. The molecule has 0 atom stereocenters. The minimum absolute atomic E-state index is 0. The molecule has 1 saturated heterocycles. The number of aliphatic imine (C=N–C) groups is 1. The number of guanidine groups is 1. The van der Waals surface area contributed by atoms with Gasteiger partial charge in [-0.25, -0.2) is 4.98 Å². The van der Waals surface area contributed by atoms with Crippen molar-refractivity contribution in [3.63, 3.8) is 0 Å². The minimum Gasteiger partial charge on any atom is -0.357 e. The van der Waals surface area contributed by atoms with E-state index in [0.717, 1.165) is 38.4 Å². The molecular formula is C19H37IN6S. The first-order valence-corrected chi connectivity index (χ1v) is 10.9. The summed E-state index contributed by atoms with van der Waals surface area (Å²) in [4.78, 5) is 15.5. The Kier molecular flexibility index (Phi) is 13.2. The Morgan fingerprint density at radius 3 is 2.52 bits per heavy atom. The van der Waals surface area contributed by atoms with Crippen LogP contribution >= 0.6 is 35.3 Å². The first-order chi connectivity index (χ1) is 12.7. The van der Waals surface area contributed by atoms with Gasteiger partial charge in [0.1, 0.15) is 0 Å². The van der Waals surface area contributed by atoms with Crippen molar-refractivity contribution in [3.8, 4) is 0 Å². The summed E-state index contributed by atoms with van der Waals surface area (Å²) < 4.78 is 0. The van der Waals surface area contributed by atoms with E-state index in [1.807, 2.05) is 6.20 Å². The monoisotopic (exact) mass is 508 g/mol. The fraction of sp³-hybridized carbons (Fsp3) is 0.789. The molecule has 6 nitrogen and oxygen atoms in total. The molecule has 2 N–H and O–H groups in total. The summed E-state index contributed by atoms with van der Waals surface area (Å²) in [7, 11) is 0. The maximum atomic E-state index is 4.71. The van der Waals surface area contributed by atoms with Gasteiger partial charge in [0.25, 0.3) is 0 Å². The first-order valence-electron chi connectivity index (χ1n) is 10.1. The summed E-state index contributed by atoms with van der Waals surface area (Å²) in [6.45, 7) is 16.4. The van der Waals surface area contributed by atoms with Crippen LogP contribution < -0.4 is 10.6 Å². The Hall–Kier alpha value is -0.450. The van der Waals surface area contributed by atoms with Gasteiger partial charge in [-0.05, 0) is 39.8 Å². The largest absolute Gasteiger partial charge is 0.357 e. The van der Waals surface area contributed by atoms with Crippen molar-refractivity contribution in [2.45, 2.75) is 40.0 Å². The van der Waals surface area contributed by atoms with Gasteiger partial charge in [-0.2, -0.15) is 0 Å². The Morgan fingerprint density at radius 1 is 1.15 bits per heavy atom. The number of likely N-dealkylation sites (N-methyl/N-ethyl adjacent to an activating group) is 1. The number of unbranched alkanes of at least 4 members (excludes halogenated alkanes) is 1. The summed E-state index contributed by atoms with van der Waals surface area (Å²) >= 11 is 1.77. The second kappa shape index (κ2) is 14.5. The summed E-state index contributed by atoms with van der Waals surface area (Å²) in [5.74, 6) is 0.928. The molecule has 1 aromatic rings. The third-order valence-corrected chi connectivity index (χ3v) is 5.68. The lowest BCUT2D eigenvalue weighted by Crippen LogP contribution is -2.46. The number of hydrogen-bond donors (Lipinski definition) is 2. The molecule has 0 amide bonds. The van der Waals surface area contributed by atoms with E-state index in [1.54, 1.807) is 11.3 Å². The van der Waals surface area contributed by atoms with Crippen LogP contribution in [0.1, 0.15) is 36.6 Å². The van der Waals surface area contributed by atoms with Crippen molar-refractivity contribution in [1.29, 1.82) is 0 Å². The van der Waals surface area contributed by atoms with Gasteiger partial charge in [0.05, 0.1) is 5.01 Å². The van der Waals surface area contributed by atoms with E-state index in [4.69, 9.17) is 4.99 Å². The number of nitrogens with one attached hydrogen (secondary N) is 2. The SMILES string of the molecule is CCNC(=NCCCCN1CCN(CC)CC1)NCCc1ncc(C)s1.I. The third-order valence-electron chi connectivity index (χ3n) is 4.71. The van der Waals surface area contributed by atoms with Crippen LogP contribution in [0.15, 0.2) is 11.2 Å². The highest BCUT2D eigenvalue weighted by atomic mass is 127. The van der Waals surface area contributed by atoms with Gasteiger partial charge in [-0.1, -0.05) is 6.92 Å². The normalized spacial score (nSPS) is 16.2. The summed E-state index contributed by atoms with van der Waals surface area (Å²) in [6.07, 6.45) is 5.28. The van der Waals surface area contributed by atoms with Crippen LogP contribution in [0.3, 0.4) is 0 Å². The van der Waals surface area contributed by atoms with E-state index in [-0.39, 0.29) is 24.0 Å². The fourth-order valence-electron chi connectivity index (χ4n) is 3.11. The quantitative estimate of drug-likeness (QED) is 0.220. The Labute approximate surface area is 186 Å². The second-order valence-electron chi connectivity index (χ2n) is 6.79. The molecule has 8 heteroatoms. The topological polar surface area (TPSA) is 55.8 Å². The number of aryl methyl sites for hydroxylation is 1. The fourth-order valence-corrected chi connectivity index (χ4v) is 3.90. The molecule has 0 aliphatic carbocycles. The molecule has 1 aromatic heterocycles. The zero-order valence-electron chi connectivity index (χ0n) is 17.2. The third kappa shape index (κ3) is 10.0. The number of aromatic nitrogens is 1.